The molecule has 1 N–H and O–H groups in total. The van der Waals surface area contributed by atoms with Crippen molar-refractivity contribution < 1.29 is 22.7 Å². The summed E-state index contributed by atoms with van der Waals surface area (Å²) in [5.74, 6) is -0.322. The van der Waals surface area contributed by atoms with Crippen LogP contribution in [0.15, 0.2) is 29.6 Å². The average Bonchev–Trinajstić information content (AvgIpc) is 2.98. The maximum absolute atomic E-state index is 11.9. The fourth-order valence-corrected chi connectivity index (χ4v) is 2.75. The Labute approximate surface area is 148 Å². The lowest BCUT2D eigenvalue weighted by Crippen LogP contribution is -2.27. The van der Waals surface area contributed by atoms with Crippen molar-refractivity contribution in [3.63, 3.8) is 0 Å². The summed E-state index contributed by atoms with van der Waals surface area (Å²) in [5, 5.41) is 5.69. The summed E-state index contributed by atoms with van der Waals surface area (Å²) in [6, 6.07) is 7.92. The highest BCUT2D eigenvalue weighted by Gasteiger charge is 2.27. The van der Waals surface area contributed by atoms with Crippen LogP contribution in [0, 0.1) is 6.92 Å². The molecular formula is C17H19F3N2O2S. The van der Waals surface area contributed by atoms with Gasteiger partial charge in [0.1, 0.15) is 6.61 Å². The van der Waals surface area contributed by atoms with Crippen molar-refractivity contribution in [3.8, 4) is 11.3 Å². The van der Waals surface area contributed by atoms with Gasteiger partial charge in [-0.2, -0.15) is 13.2 Å². The monoisotopic (exact) mass is 372 g/mol. The number of carbonyl (C=O) groups is 1. The highest BCUT2D eigenvalue weighted by Crippen LogP contribution is 2.21. The topological polar surface area (TPSA) is 51.2 Å². The van der Waals surface area contributed by atoms with Gasteiger partial charge in [-0.1, -0.05) is 24.3 Å². The third-order valence-corrected chi connectivity index (χ3v) is 4.12. The molecule has 0 aliphatic rings. The molecule has 0 bridgehead atoms. The number of alkyl halides is 3. The van der Waals surface area contributed by atoms with E-state index in [1.54, 1.807) is 11.3 Å². The van der Waals surface area contributed by atoms with Gasteiger partial charge < -0.3 is 10.1 Å². The Kier molecular flexibility index (Phi) is 6.95. The van der Waals surface area contributed by atoms with E-state index in [4.69, 9.17) is 0 Å². The number of aromatic nitrogens is 1. The molecule has 2 rings (SSSR count). The Hall–Kier alpha value is -1.93. The van der Waals surface area contributed by atoms with Crippen LogP contribution in [0.4, 0.5) is 13.2 Å². The third-order valence-electron chi connectivity index (χ3n) is 3.34. The standard InChI is InChI=1S/C17H19F3N2O2S/c1-12-22-15(10-25-12)14-4-2-13(3-5-14)6-8-21-16(23)7-9-24-11-17(18,19)20/h2-5,10H,6-9,11H2,1H3,(H,21,23). The van der Waals surface area contributed by atoms with Crippen molar-refractivity contribution in [3.05, 3.63) is 40.2 Å². The van der Waals surface area contributed by atoms with Crippen LogP contribution >= 0.6 is 11.3 Å². The molecule has 25 heavy (non-hydrogen) atoms. The van der Waals surface area contributed by atoms with E-state index in [-0.39, 0.29) is 18.9 Å². The fourth-order valence-electron chi connectivity index (χ4n) is 2.13. The van der Waals surface area contributed by atoms with E-state index in [9.17, 15) is 18.0 Å². The molecule has 1 aromatic heterocycles. The Bertz CT molecular complexity index is 684. The number of benzene rings is 1. The fraction of sp³-hybridized carbons (Fsp3) is 0.412. The number of carbonyl (C=O) groups excluding carboxylic acids is 1. The second-order valence-corrected chi connectivity index (χ2v) is 6.53. The summed E-state index contributed by atoms with van der Waals surface area (Å²) >= 11 is 1.60. The van der Waals surface area contributed by atoms with Crippen LogP contribution in [0.5, 0.6) is 0 Å². The first-order chi connectivity index (χ1) is 11.8. The van der Waals surface area contributed by atoms with E-state index < -0.39 is 12.8 Å². The van der Waals surface area contributed by atoms with Crippen LogP contribution in [-0.2, 0) is 16.0 Å². The molecule has 0 spiro atoms. The number of hydrogen-bond acceptors (Lipinski definition) is 4. The predicted octanol–water partition coefficient (Wildman–Crippen LogP) is 3.75. The van der Waals surface area contributed by atoms with Crippen molar-refractivity contribution in [1.82, 2.24) is 10.3 Å². The molecule has 0 fully saturated rings. The molecule has 2 aromatic rings. The molecule has 4 nitrogen and oxygen atoms in total. The summed E-state index contributed by atoms with van der Waals surface area (Å²) in [4.78, 5) is 15.9. The van der Waals surface area contributed by atoms with Crippen LogP contribution in [-0.4, -0.2) is 36.8 Å². The molecule has 0 radical (unpaired) electrons. The van der Waals surface area contributed by atoms with Crippen molar-refractivity contribution in [2.24, 2.45) is 0 Å². The molecule has 0 unspecified atom stereocenters. The molecule has 0 saturated carbocycles. The van der Waals surface area contributed by atoms with Gasteiger partial charge >= 0.3 is 6.18 Å². The number of rotatable bonds is 8. The molecule has 0 atom stereocenters. The molecule has 1 amide bonds. The lowest BCUT2D eigenvalue weighted by atomic mass is 10.1. The second-order valence-electron chi connectivity index (χ2n) is 5.47. The van der Waals surface area contributed by atoms with Gasteiger partial charge in [0.05, 0.1) is 17.3 Å². The summed E-state index contributed by atoms with van der Waals surface area (Å²) in [6.45, 7) is 0.810. The van der Waals surface area contributed by atoms with Gasteiger partial charge in [0, 0.05) is 23.9 Å². The molecule has 0 aliphatic carbocycles. The van der Waals surface area contributed by atoms with E-state index in [1.807, 2.05) is 36.6 Å². The minimum Gasteiger partial charge on any atom is -0.372 e. The first-order valence-electron chi connectivity index (χ1n) is 7.76. The molecule has 1 aromatic carbocycles. The molecule has 0 aliphatic heterocycles. The van der Waals surface area contributed by atoms with E-state index in [1.165, 1.54) is 0 Å². The van der Waals surface area contributed by atoms with Gasteiger partial charge in [-0.05, 0) is 18.9 Å². The maximum atomic E-state index is 11.9. The number of ether oxygens (including phenoxy) is 1. The zero-order valence-corrected chi connectivity index (χ0v) is 14.5. The first-order valence-corrected chi connectivity index (χ1v) is 8.64. The van der Waals surface area contributed by atoms with Crippen molar-refractivity contribution >= 4 is 17.2 Å². The number of thiazole rings is 1. The van der Waals surface area contributed by atoms with Crippen molar-refractivity contribution in [1.29, 1.82) is 0 Å². The van der Waals surface area contributed by atoms with Crippen LogP contribution in [0.2, 0.25) is 0 Å². The van der Waals surface area contributed by atoms with Gasteiger partial charge in [-0.3, -0.25) is 4.79 Å². The van der Waals surface area contributed by atoms with Gasteiger partial charge in [-0.25, -0.2) is 4.98 Å². The minimum absolute atomic E-state index is 0.0851. The van der Waals surface area contributed by atoms with Gasteiger partial charge in [0.15, 0.2) is 0 Å². The van der Waals surface area contributed by atoms with Gasteiger partial charge in [-0.15, -0.1) is 11.3 Å². The van der Waals surface area contributed by atoms with E-state index in [0.29, 0.717) is 13.0 Å². The minimum atomic E-state index is -4.36. The third kappa shape index (κ3) is 7.23. The highest BCUT2D eigenvalue weighted by molar-refractivity contribution is 7.09. The van der Waals surface area contributed by atoms with Crippen molar-refractivity contribution in [2.45, 2.75) is 25.9 Å². The second kappa shape index (κ2) is 8.96. The van der Waals surface area contributed by atoms with E-state index in [0.717, 1.165) is 21.8 Å². The highest BCUT2D eigenvalue weighted by atomic mass is 32.1. The SMILES string of the molecule is Cc1nc(-c2ccc(CCNC(=O)CCOCC(F)(F)F)cc2)cs1. The zero-order valence-electron chi connectivity index (χ0n) is 13.7. The molecule has 0 saturated heterocycles. The summed E-state index contributed by atoms with van der Waals surface area (Å²) < 4.78 is 40.0. The summed E-state index contributed by atoms with van der Waals surface area (Å²) in [7, 11) is 0. The quantitative estimate of drug-likeness (QED) is 0.718. The summed E-state index contributed by atoms with van der Waals surface area (Å²) in [5.41, 5.74) is 3.05. The number of nitrogens with one attached hydrogen (secondary N) is 1. The number of hydrogen-bond donors (Lipinski definition) is 1. The molecule has 136 valence electrons. The Morgan fingerprint density at radius 3 is 2.60 bits per heavy atom. The molecular weight excluding hydrogens is 353 g/mol. The zero-order chi connectivity index (χ0) is 18.3. The number of amides is 1. The predicted molar refractivity (Wildman–Crippen MR) is 90.5 cm³/mol. The van der Waals surface area contributed by atoms with Gasteiger partial charge in [0.2, 0.25) is 5.91 Å². The van der Waals surface area contributed by atoms with Crippen LogP contribution < -0.4 is 5.32 Å². The number of halogens is 3. The Balaban J connectivity index is 1.67. The molecule has 8 heteroatoms. The lowest BCUT2D eigenvalue weighted by Gasteiger charge is -2.08. The smallest absolute Gasteiger partial charge is 0.372 e. The normalized spacial score (nSPS) is 11.5. The largest absolute Gasteiger partial charge is 0.411 e. The van der Waals surface area contributed by atoms with E-state index >= 15 is 0 Å². The maximum Gasteiger partial charge on any atom is 0.411 e. The van der Waals surface area contributed by atoms with Crippen LogP contribution in [0.3, 0.4) is 0 Å². The lowest BCUT2D eigenvalue weighted by molar-refractivity contribution is -0.174. The Morgan fingerprint density at radius 1 is 1.28 bits per heavy atom. The van der Waals surface area contributed by atoms with E-state index in [2.05, 4.69) is 15.0 Å². The van der Waals surface area contributed by atoms with Crippen LogP contribution in [0.1, 0.15) is 17.0 Å². The number of aryl methyl sites for hydroxylation is 1. The summed E-state index contributed by atoms with van der Waals surface area (Å²) in [6.07, 6.45) is -3.80. The molecule has 1 heterocycles. The number of nitrogens with zero attached hydrogens (tertiary/aromatic N) is 1. The average molecular weight is 372 g/mol. The van der Waals surface area contributed by atoms with Gasteiger partial charge in [0.25, 0.3) is 0 Å². The first kappa shape index (κ1) is 19.4. The van der Waals surface area contributed by atoms with Crippen molar-refractivity contribution in [2.75, 3.05) is 19.8 Å². The van der Waals surface area contributed by atoms with Crippen LogP contribution in [0.25, 0.3) is 11.3 Å². The Morgan fingerprint density at radius 2 is 2.00 bits per heavy atom.